The van der Waals surface area contributed by atoms with Gasteiger partial charge in [0.1, 0.15) is 0 Å². The maximum Gasteiger partial charge on any atom is 0.182 e. The minimum atomic E-state index is 0.642. The second kappa shape index (κ2) is 3.86. The number of hydrogen-bond acceptors (Lipinski definition) is 2. The van der Waals surface area contributed by atoms with Crippen LogP contribution in [0, 0.1) is 17.5 Å². The van der Waals surface area contributed by atoms with Gasteiger partial charge in [-0.1, -0.05) is 6.92 Å². The highest BCUT2D eigenvalue weighted by molar-refractivity contribution is 5.44. The summed E-state index contributed by atoms with van der Waals surface area (Å²) in [5.41, 5.74) is 1.15. The van der Waals surface area contributed by atoms with E-state index >= 15 is 0 Å². The summed E-state index contributed by atoms with van der Waals surface area (Å²) in [6.45, 7) is 4.35. The molecule has 2 heterocycles. The van der Waals surface area contributed by atoms with E-state index in [4.69, 9.17) is 0 Å². The molecular weight excluding hydrogens is 176 g/mol. The van der Waals surface area contributed by atoms with Crippen LogP contribution in [0.2, 0.25) is 0 Å². The van der Waals surface area contributed by atoms with Crippen LogP contribution in [0.5, 0.6) is 0 Å². The minimum Gasteiger partial charge on any atom is -0.619 e. The smallest absolute Gasteiger partial charge is 0.182 e. The normalized spacial score (nSPS) is 22.4. The fourth-order valence-corrected chi connectivity index (χ4v) is 1.88. The van der Waals surface area contributed by atoms with Crippen LogP contribution >= 0.6 is 0 Å². The van der Waals surface area contributed by atoms with Crippen LogP contribution in [-0.4, -0.2) is 13.1 Å². The molecule has 1 aliphatic heterocycles. The summed E-state index contributed by atoms with van der Waals surface area (Å²) in [4.78, 5) is 2.32. The van der Waals surface area contributed by atoms with Crippen LogP contribution in [0.4, 0.5) is 5.69 Å². The van der Waals surface area contributed by atoms with Gasteiger partial charge in [-0.15, -0.1) is 0 Å². The van der Waals surface area contributed by atoms with Crippen molar-refractivity contribution >= 4 is 5.69 Å². The van der Waals surface area contributed by atoms with Crippen molar-refractivity contribution in [3.8, 4) is 0 Å². The number of nitrogens with zero attached hydrogens (tertiary/aromatic N) is 2. The quantitative estimate of drug-likeness (QED) is 0.495. The third kappa shape index (κ3) is 1.97. The highest BCUT2D eigenvalue weighted by Crippen LogP contribution is 2.20. The average molecular weight is 191 g/mol. The Hall–Kier alpha value is -1.25. The largest absolute Gasteiger partial charge is 0.619 e. The molecule has 3 heteroatoms. The summed E-state index contributed by atoms with van der Waals surface area (Å²) in [7, 11) is 0. The van der Waals surface area contributed by atoms with E-state index in [0.29, 0.717) is 5.92 Å². The first kappa shape index (κ1) is 9.31. The van der Waals surface area contributed by atoms with Gasteiger partial charge in [0.2, 0.25) is 0 Å². The Morgan fingerprint density at radius 2 is 2.14 bits per heavy atom. The molecule has 1 atom stereocenters. The van der Waals surface area contributed by atoms with E-state index in [0.717, 1.165) is 29.9 Å². The molecule has 0 N–H and O–H groups in total. The average Bonchev–Trinajstić information content (AvgIpc) is 2.19. The number of hydrogen-bond donors (Lipinski definition) is 0. The topological polar surface area (TPSA) is 30.2 Å². The molecule has 1 aliphatic rings. The Labute approximate surface area is 84.6 Å². The zero-order valence-corrected chi connectivity index (χ0v) is 8.39. The van der Waals surface area contributed by atoms with Crippen molar-refractivity contribution in [3.05, 3.63) is 36.2 Å². The van der Waals surface area contributed by atoms with Crippen molar-refractivity contribution in [2.45, 2.75) is 13.3 Å². The summed E-state index contributed by atoms with van der Waals surface area (Å²) in [6.07, 6.45) is 6.59. The molecule has 1 saturated heterocycles. The van der Waals surface area contributed by atoms with Crippen molar-refractivity contribution in [2.24, 2.45) is 5.92 Å². The van der Waals surface area contributed by atoms with Gasteiger partial charge in [-0.05, 0) is 18.8 Å². The lowest BCUT2D eigenvalue weighted by molar-refractivity contribution is -0.605. The van der Waals surface area contributed by atoms with Crippen LogP contribution in [0.25, 0.3) is 0 Å². The molecule has 0 aromatic carbocycles. The Kier molecular flexibility index (Phi) is 2.57. The van der Waals surface area contributed by atoms with Crippen LogP contribution in [0.1, 0.15) is 13.3 Å². The third-order valence-electron chi connectivity index (χ3n) is 2.63. The van der Waals surface area contributed by atoms with Gasteiger partial charge in [0.05, 0.1) is 0 Å². The molecule has 0 aliphatic carbocycles. The number of anilines is 1. The van der Waals surface area contributed by atoms with Gasteiger partial charge in [-0.25, -0.2) is 0 Å². The first-order valence-electron chi connectivity index (χ1n) is 5.03. The second-order valence-electron chi connectivity index (χ2n) is 3.86. The predicted octanol–water partition coefficient (Wildman–Crippen LogP) is 1.37. The lowest BCUT2D eigenvalue weighted by Crippen LogP contribution is -2.35. The molecule has 0 spiro atoms. The van der Waals surface area contributed by atoms with Crippen LogP contribution < -0.4 is 9.63 Å². The Balaban J connectivity index is 2.10. The molecule has 1 unspecified atom stereocenters. The van der Waals surface area contributed by atoms with E-state index < -0.39 is 0 Å². The summed E-state index contributed by atoms with van der Waals surface area (Å²) in [6, 6.07) is 3.76. The zero-order valence-electron chi connectivity index (χ0n) is 8.39. The Bertz CT molecular complexity index is 297. The molecule has 0 saturated carbocycles. The van der Waals surface area contributed by atoms with Crippen LogP contribution in [0.3, 0.4) is 0 Å². The van der Waals surface area contributed by atoms with Crippen LogP contribution in [0.15, 0.2) is 24.5 Å². The van der Waals surface area contributed by atoms with Gasteiger partial charge in [0.15, 0.2) is 12.4 Å². The molecular formula is C11H15N2O. The summed E-state index contributed by atoms with van der Waals surface area (Å²) < 4.78 is 0.822. The van der Waals surface area contributed by atoms with E-state index in [1.165, 1.54) is 0 Å². The number of pyridine rings is 1. The van der Waals surface area contributed by atoms with Crippen molar-refractivity contribution in [2.75, 3.05) is 18.0 Å². The maximum absolute atomic E-state index is 10.9. The fraction of sp³-hybridized carbons (Fsp3) is 0.455. The Morgan fingerprint density at radius 1 is 1.43 bits per heavy atom. The molecule has 14 heavy (non-hydrogen) atoms. The van der Waals surface area contributed by atoms with Crippen molar-refractivity contribution in [1.82, 2.24) is 0 Å². The molecule has 75 valence electrons. The van der Waals surface area contributed by atoms with Gasteiger partial charge in [-0.2, -0.15) is 4.73 Å². The lowest BCUT2D eigenvalue weighted by Gasteiger charge is -2.32. The van der Waals surface area contributed by atoms with E-state index in [1.54, 1.807) is 12.4 Å². The number of piperidine rings is 1. The molecule has 1 aromatic rings. The zero-order chi connectivity index (χ0) is 9.97. The van der Waals surface area contributed by atoms with Gasteiger partial charge in [0, 0.05) is 30.9 Å². The van der Waals surface area contributed by atoms with Crippen molar-refractivity contribution in [3.63, 3.8) is 0 Å². The first-order valence-corrected chi connectivity index (χ1v) is 5.03. The van der Waals surface area contributed by atoms with E-state index in [-0.39, 0.29) is 0 Å². The molecule has 0 amide bonds. The number of aromatic nitrogens is 1. The van der Waals surface area contributed by atoms with E-state index in [1.807, 2.05) is 12.1 Å². The van der Waals surface area contributed by atoms with Crippen molar-refractivity contribution < 1.29 is 4.73 Å². The van der Waals surface area contributed by atoms with Crippen molar-refractivity contribution in [1.29, 1.82) is 0 Å². The Morgan fingerprint density at radius 3 is 2.79 bits per heavy atom. The molecule has 1 aromatic heterocycles. The van der Waals surface area contributed by atoms with E-state index in [9.17, 15) is 5.21 Å². The summed E-state index contributed by atoms with van der Waals surface area (Å²) in [5, 5.41) is 10.9. The number of rotatable bonds is 1. The highest BCUT2D eigenvalue weighted by atomic mass is 16.5. The van der Waals surface area contributed by atoms with Gasteiger partial charge < -0.3 is 10.1 Å². The fourth-order valence-electron chi connectivity index (χ4n) is 1.88. The SMILES string of the molecule is CC1[CH]CCN(c2cc[n+]([O-])cc2)C1. The monoisotopic (exact) mass is 191 g/mol. The van der Waals surface area contributed by atoms with Gasteiger partial charge >= 0.3 is 0 Å². The highest BCUT2D eigenvalue weighted by Gasteiger charge is 2.16. The molecule has 1 radical (unpaired) electrons. The molecule has 1 fully saturated rings. The van der Waals surface area contributed by atoms with Crippen LogP contribution in [-0.2, 0) is 0 Å². The first-order chi connectivity index (χ1) is 6.75. The molecule has 0 bridgehead atoms. The lowest BCUT2D eigenvalue weighted by atomic mass is 10.00. The third-order valence-corrected chi connectivity index (χ3v) is 2.63. The summed E-state index contributed by atoms with van der Waals surface area (Å²) >= 11 is 0. The second-order valence-corrected chi connectivity index (χ2v) is 3.86. The molecule has 2 rings (SSSR count). The summed E-state index contributed by atoms with van der Waals surface area (Å²) in [5.74, 6) is 0.642. The molecule has 3 nitrogen and oxygen atoms in total. The van der Waals surface area contributed by atoms with Gasteiger partial charge in [0.25, 0.3) is 0 Å². The maximum atomic E-state index is 10.9. The minimum absolute atomic E-state index is 0.642. The predicted molar refractivity (Wildman–Crippen MR) is 55.7 cm³/mol. The van der Waals surface area contributed by atoms with Gasteiger partial charge in [-0.3, -0.25) is 0 Å². The van der Waals surface area contributed by atoms with E-state index in [2.05, 4.69) is 18.2 Å². The standard InChI is InChI=1S/C11H15N2O/c1-10-3-2-6-12(9-10)11-4-7-13(14)8-5-11/h3-5,7-8,10H,2,6,9H2,1H3.